The number of aromatic amines is 1. The lowest BCUT2D eigenvalue weighted by atomic mass is 10.1. The number of anilines is 3. The first kappa shape index (κ1) is 21.0. The van der Waals surface area contributed by atoms with Crippen molar-refractivity contribution in [3.05, 3.63) is 10.4 Å². The Kier molecular flexibility index (Phi) is 6.05. The minimum absolute atomic E-state index is 0.00311. The SMILES string of the molecule is COC1C(OC(C)=O)C(CO)OC1N1CNc2c1nc(NC(=O)C(C)C)[nH]c2=O. The zero-order valence-corrected chi connectivity index (χ0v) is 16.6. The number of hydrogen-bond acceptors (Lipinski definition) is 10. The second-order valence-corrected chi connectivity index (χ2v) is 7.08. The minimum atomic E-state index is -0.835. The Labute approximate surface area is 166 Å². The van der Waals surface area contributed by atoms with Gasteiger partial charge in [-0.3, -0.25) is 24.7 Å². The summed E-state index contributed by atoms with van der Waals surface area (Å²) in [7, 11) is 1.43. The summed E-state index contributed by atoms with van der Waals surface area (Å²) in [6, 6.07) is 0. The Hall–Kier alpha value is -2.70. The van der Waals surface area contributed by atoms with Crippen molar-refractivity contribution in [2.75, 3.05) is 35.9 Å². The summed E-state index contributed by atoms with van der Waals surface area (Å²) >= 11 is 0. The normalized spacial score (nSPS) is 25.7. The fourth-order valence-electron chi connectivity index (χ4n) is 3.29. The van der Waals surface area contributed by atoms with Gasteiger partial charge in [0.05, 0.1) is 13.3 Å². The molecule has 0 bridgehead atoms. The van der Waals surface area contributed by atoms with Gasteiger partial charge in [0.25, 0.3) is 5.56 Å². The molecule has 0 aromatic carbocycles. The van der Waals surface area contributed by atoms with Crippen LogP contribution in [0.2, 0.25) is 0 Å². The zero-order chi connectivity index (χ0) is 21.3. The van der Waals surface area contributed by atoms with E-state index in [4.69, 9.17) is 14.2 Å². The standard InChI is InChI=1S/C17H25N5O7/c1-7(2)14(25)20-17-19-13-10(15(26)21-17)18-6-22(13)16-12(27-4)11(28-8(3)24)9(5-23)29-16/h7,9,11-12,16,18,23H,5-6H2,1-4H3,(H2,19,20,21,25,26). The molecule has 2 aliphatic rings. The predicted octanol–water partition coefficient (Wildman–Crippen LogP) is -0.782. The van der Waals surface area contributed by atoms with Gasteiger partial charge < -0.3 is 29.5 Å². The largest absolute Gasteiger partial charge is 0.457 e. The van der Waals surface area contributed by atoms with E-state index < -0.39 is 36.1 Å². The van der Waals surface area contributed by atoms with E-state index in [0.717, 1.165) is 0 Å². The van der Waals surface area contributed by atoms with Crippen LogP contribution in [0.4, 0.5) is 17.5 Å². The number of aliphatic hydroxyl groups is 1. The number of carbonyl (C=O) groups is 2. The highest BCUT2D eigenvalue weighted by atomic mass is 16.6. The van der Waals surface area contributed by atoms with Crippen molar-refractivity contribution in [2.45, 2.75) is 45.3 Å². The molecular formula is C17H25N5O7. The van der Waals surface area contributed by atoms with Gasteiger partial charge in [0.2, 0.25) is 11.9 Å². The van der Waals surface area contributed by atoms with Crippen LogP contribution in [-0.4, -0.2) is 71.9 Å². The first-order valence-electron chi connectivity index (χ1n) is 9.18. The summed E-state index contributed by atoms with van der Waals surface area (Å²) in [6.45, 7) is 4.47. The Morgan fingerprint density at radius 2 is 2.14 bits per heavy atom. The number of rotatable bonds is 6. The molecule has 1 fully saturated rings. The average molecular weight is 411 g/mol. The molecule has 1 aromatic rings. The molecule has 2 aliphatic heterocycles. The third-order valence-electron chi connectivity index (χ3n) is 4.71. The van der Waals surface area contributed by atoms with E-state index in [9.17, 15) is 19.5 Å². The molecule has 3 rings (SSSR count). The van der Waals surface area contributed by atoms with Gasteiger partial charge in [-0.15, -0.1) is 0 Å². The van der Waals surface area contributed by atoms with Crippen LogP contribution in [0, 0.1) is 5.92 Å². The third-order valence-corrected chi connectivity index (χ3v) is 4.71. The van der Waals surface area contributed by atoms with Crippen LogP contribution < -0.4 is 21.1 Å². The van der Waals surface area contributed by atoms with E-state index in [1.807, 2.05) is 0 Å². The highest BCUT2D eigenvalue weighted by Crippen LogP contribution is 2.35. The number of fused-ring (bicyclic) bond motifs is 1. The molecule has 0 radical (unpaired) electrons. The maximum Gasteiger partial charge on any atom is 0.303 e. The molecule has 1 aromatic heterocycles. The van der Waals surface area contributed by atoms with Crippen LogP contribution in [0.15, 0.2) is 4.79 Å². The van der Waals surface area contributed by atoms with Gasteiger partial charge in [-0.25, -0.2) is 0 Å². The smallest absolute Gasteiger partial charge is 0.303 e. The lowest BCUT2D eigenvalue weighted by molar-refractivity contribution is -0.154. The topological polar surface area (TPSA) is 155 Å². The molecule has 0 saturated carbocycles. The van der Waals surface area contributed by atoms with Gasteiger partial charge in [-0.1, -0.05) is 13.8 Å². The summed E-state index contributed by atoms with van der Waals surface area (Å²) in [5, 5.41) is 15.1. The summed E-state index contributed by atoms with van der Waals surface area (Å²) in [5.41, 5.74) is -0.249. The van der Waals surface area contributed by atoms with Crippen molar-refractivity contribution >= 4 is 29.3 Å². The number of amides is 1. The van der Waals surface area contributed by atoms with Gasteiger partial charge in [-0.05, 0) is 0 Å². The van der Waals surface area contributed by atoms with Gasteiger partial charge in [0, 0.05) is 20.0 Å². The number of hydrogen-bond donors (Lipinski definition) is 4. The number of nitrogens with zero attached hydrogens (tertiary/aromatic N) is 2. The summed E-state index contributed by atoms with van der Waals surface area (Å²) in [6.07, 6.45) is -3.17. The van der Waals surface area contributed by atoms with Crippen molar-refractivity contribution in [3.63, 3.8) is 0 Å². The van der Waals surface area contributed by atoms with Gasteiger partial charge in [0.15, 0.2) is 18.1 Å². The number of aliphatic hydroxyl groups excluding tert-OH is 1. The van der Waals surface area contributed by atoms with Gasteiger partial charge >= 0.3 is 5.97 Å². The van der Waals surface area contributed by atoms with Crippen LogP contribution in [0.1, 0.15) is 20.8 Å². The predicted molar refractivity (Wildman–Crippen MR) is 101 cm³/mol. The van der Waals surface area contributed by atoms with Crippen molar-refractivity contribution < 1.29 is 28.9 Å². The van der Waals surface area contributed by atoms with E-state index in [0.29, 0.717) is 0 Å². The molecule has 0 spiro atoms. The summed E-state index contributed by atoms with van der Waals surface area (Å²) < 4.78 is 16.6. The third kappa shape index (κ3) is 4.04. The lowest BCUT2D eigenvalue weighted by Gasteiger charge is -2.29. The Morgan fingerprint density at radius 1 is 1.41 bits per heavy atom. The fraction of sp³-hybridized carbons (Fsp3) is 0.647. The Balaban J connectivity index is 1.92. The number of carbonyl (C=O) groups excluding carboxylic acids is 2. The molecule has 1 amide bonds. The molecule has 12 nitrogen and oxygen atoms in total. The molecule has 29 heavy (non-hydrogen) atoms. The first-order valence-corrected chi connectivity index (χ1v) is 9.18. The summed E-state index contributed by atoms with van der Waals surface area (Å²) in [5.74, 6) is -0.877. The lowest BCUT2D eigenvalue weighted by Crippen LogP contribution is -2.46. The van der Waals surface area contributed by atoms with Gasteiger partial charge in [0.1, 0.15) is 17.9 Å². The zero-order valence-electron chi connectivity index (χ0n) is 16.6. The number of H-pyrrole nitrogens is 1. The van der Waals surface area contributed by atoms with Crippen molar-refractivity contribution in [3.8, 4) is 0 Å². The summed E-state index contributed by atoms with van der Waals surface area (Å²) in [4.78, 5) is 44.3. The van der Waals surface area contributed by atoms with E-state index in [-0.39, 0.29) is 42.6 Å². The minimum Gasteiger partial charge on any atom is -0.457 e. The number of aromatic nitrogens is 2. The Bertz CT molecular complexity index is 842. The monoisotopic (exact) mass is 411 g/mol. The second kappa shape index (κ2) is 8.35. The molecule has 160 valence electrons. The molecule has 4 atom stereocenters. The van der Waals surface area contributed by atoms with Gasteiger partial charge in [-0.2, -0.15) is 4.98 Å². The highest BCUT2D eigenvalue weighted by Gasteiger charge is 2.51. The number of ether oxygens (including phenoxy) is 3. The second-order valence-electron chi connectivity index (χ2n) is 7.08. The number of esters is 1. The molecule has 4 unspecified atom stereocenters. The molecule has 0 aliphatic carbocycles. The first-order chi connectivity index (χ1) is 13.8. The molecular weight excluding hydrogens is 386 g/mol. The molecule has 12 heteroatoms. The van der Waals surface area contributed by atoms with E-state index in [1.54, 1.807) is 18.7 Å². The van der Waals surface area contributed by atoms with Crippen LogP contribution in [0.25, 0.3) is 0 Å². The highest BCUT2D eigenvalue weighted by molar-refractivity contribution is 5.90. The fourth-order valence-corrected chi connectivity index (χ4v) is 3.29. The van der Waals surface area contributed by atoms with Crippen LogP contribution in [0.3, 0.4) is 0 Å². The quantitative estimate of drug-likeness (QED) is 0.438. The number of nitrogens with one attached hydrogen (secondary N) is 3. The van der Waals surface area contributed by atoms with Crippen molar-refractivity contribution in [1.29, 1.82) is 0 Å². The number of methoxy groups -OCH3 is 1. The van der Waals surface area contributed by atoms with Crippen LogP contribution in [0.5, 0.6) is 0 Å². The van der Waals surface area contributed by atoms with Crippen molar-refractivity contribution in [2.24, 2.45) is 5.92 Å². The van der Waals surface area contributed by atoms with Crippen LogP contribution in [-0.2, 0) is 23.8 Å². The van der Waals surface area contributed by atoms with E-state index >= 15 is 0 Å². The maximum atomic E-state index is 12.4. The molecule has 1 saturated heterocycles. The average Bonchev–Trinajstić information content (AvgIpc) is 3.22. The molecule has 3 heterocycles. The molecule has 4 N–H and O–H groups in total. The Morgan fingerprint density at radius 3 is 2.72 bits per heavy atom. The van der Waals surface area contributed by atoms with Crippen LogP contribution >= 0.6 is 0 Å². The van der Waals surface area contributed by atoms with E-state index in [2.05, 4.69) is 20.6 Å². The van der Waals surface area contributed by atoms with E-state index in [1.165, 1.54) is 14.0 Å². The maximum absolute atomic E-state index is 12.4. The van der Waals surface area contributed by atoms with Crippen molar-refractivity contribution in [1.82, 2.24) is 9.97 Å².